The van der Waals surface area contributed by atoms with E-state index in [1.165, 1.54) is 12.1 Å². The molecule has 0 spiro atoms. The third-order valence-corrected chi connectivity index (χ3v) is 4.78. The zero-order chi connectivity index (χ0) is 18.8. The molecule has 1 atom stereocenters. The summed E-state index contributed by atoms with van der Waals surface area (Å²) < 4.78 is 40.9. The number of carbonyl (C=O) groups excluding carboxylic acids is 1. The van der Waals surface area contributed by atoms with Gasteiger partial charge in [-0.15, -0.1) is 0 Å². The molecule has 3 rings (SSSR count). The van der Waals surface area contributed by atoms with Crippen molar-refractivity contribution in [2.24, 2.45) is 5.84 Å². The van der Waals surface area contributed by atoms with Crippen LogP contribution < -0.4 is 16.6 Å². The van der Waals surface area contributed by atoms with Gasteiger partial charge in [0, 0.05) is 17.1 Å². The molecule has 1 saturated heterocycles. The summed E-state index contributed by atoms with van der Waals surface area (Å²) in [5, 5.41) is 3.90. The summed E-state index contributed by atoms with van der Waals surface area (Å²) in [6, 6.07) is 6.58. The molecule has 0 bridgehead atoms. The van der Waals surface area contributed by atoms with Gasteiger partial charge in [-0.2, -0.15) is 0 Å². The molecule has 4 N–H and O–H groups in total. The summed E-state index contributed by atoms with van der Waals surface area (Å²) in [5.41, 5.74) is 2.54. The van der Waals surface area contributed by atoms with Gasteiger partial charge in [-0.25, -0.2) is 19.0 Å². The number of alkyl halides is 3. The van der Waals surface area contributed by atoms with Crippen LogP contribution in [0, 0.1) is 0 Å². The lowest BCUT2D eigenvalue weighted by Gasteiger charge is -2.30. The average molecular weight is 369 g/mol. The Balaban J connectivity index is 2.02. The molecule has 1 unspecified atom stereocenters. The van der Waals surface area contributed by atoms with E-state index in [4.69, 9.17) is 5.84 Å². The van der Waals surface area contributed by atoms with Gasteiger partial charge in [0.2, 0.25) is 6.30 Å². The molecule has 2 aromatic rings. The Morgan fingerprint density at radius 2 is 1.96 bits per heavy atom. The molecule has 0 saturated carbocycles. The number of piperidine rings is 1. The molecule has 1 fully saturated rings. The van der Waals surface area contributed by atoms with Crippen LogP contribution in [-0.4, -0.2) is 48.0 Å². The van der Waals surface area contributed by atoms with Gasteiger partial charge in [0.05, 0.1) is 5.52 Å². The van der Waals surface area contributed by atoms with Gasteiger partial charge in [-0.3, -0.25) is 10.2 Å². The first-order valence-corrected chi connectivity index (χ1v) is 8.44. The maximum absolute atomic E-state index is 14.2. The highest BCUT2D eigenvalue weighted by Crippen LogP contribution is 2.33. The van der Waals surface area contributed by atoms with Gasteiger partial charge in [0.1, 0.15) is 5.69 Å². The number of hydrogen-bond acceptors (Lipinski definition) is 4. The number of hydrazine groups is 1. The summed E-state index contributed by atoms with van der Waals surface area (Å²) in [6.45, 7) is 1.90. The third kappa shape index (κ3) is 3.49. The first-order valence-electron chi connectivity index (χ1n) is 8.44. The summed E-state index contributed by atoms with van der Waals surface area (Å²) >= 11 is 0. The highest BCUT2D eigenvalue weighted by Gasteiger charge is 2.29. The van der Waals surface area contributed by atoms with E-state index < -0.39 is 18.6 Å². The van der Waals surface area contributed by atoms with E-state index in [1.54, 1.807) is 12.1 Å². The number of fused-ring (bicyclic) bond motifs is 1. The average Bonchev–Trinajstić information content (AvgIpc) is 3.02. The Hall–Kier alpha value is -2.26. The maximum atomic E-state index is 14.2. The first kappa shape index (κ1) is 18.5. The van der Waals surface area contributed by atoms with Crippen molar-refractivity contribution < 1.29 is 18.0 Å². The number of nitrogen functional groups attached to an aromatic ring is 1. The molecule has 0 radical (unpaired) electrons. The summed E-state index contributed by atoms with van der Waals surface area (Å²) in [4.78, 5) is 14.2. The van der Waals surface area contributed by atoms with Crippen molar-refractivity contribution in [3.63, 3.8) is 0 Å². The number of rotatable bonds is 5. The number of hydrogen-bond donors (Lipinski definition) is 3. The molecular formula is C17H22F3N5O. The SMILES string of the molecule is CN1CCC(Nc2cccc3c2cc(C(=O)NN)n3C(F)C(F)F)CC1. The van der Waals surface area contributed by atoms with Crippen LogP contribution in [-0.2, 0) is 0 Å². The number of halogens is 3. The van der Waals surface area contributed by atoms with Gasteiger partial charge in [0.25, 0.3) is 12.3 Å². The van der Waals surface area contributed by atoms with Crippen molar-refractivity contribution in [1.29, 1.82) is 0 Å². The molecular weight excluding hydrogens is 347 g/mol. The van der Waals surface area contributed by atoms with Crippen LogP contribution in [0.5, 0.6) is 0 Å². The zero-order valence-electron chi connectivity index (χ0n) is 14.4. The van der Waals surface area contributed by atoms with Crippen molar-refractivity contribution >= 4 is 22.5 Å². The molecule has 9 heteroatoms. The van der Waals surface area contributed by atoms with Gasteiger partial charge in [-0.05, 0) is 51.2 Å². The minimum Gasteiger partial charge on any atom is -0.382 e. The largest absolute Gasteiger partial charge is 0.382 e. The summed E-state index contributed by atoms with van der Waals surface area (Å²) in [7, 11) is 2.06. The highest BCUT2D eigenvalue weighted by molar-refractivity contribution is 6.02. The number of aromatic nitrogens is 1. The van der Waals surface area contributed by atoms with Crippen LogP contribution in [0.3, 0.4) is 0 Å². The van der Waals surface area contributed by atoms with Gasteiger partial charge < -0.3 is 14.8 Å². The number of nitrogens with two attached hydrogens (primary N) is 1. The van der Waals surface area contributed by atoms with Crippen molar-refractivity contribution in [2.45, 2.75) is 31.6 Å². The Labute approximate surface area is 149 Å². The lowest BCUT2D eigenvalue weighted by Crippen LogP contribution is -2.36. The fraction of sp³-hybridized carbons (Fsp3) is 0.471. The van der Waals surface area contributed by atoms with E-state index in [0.29, 0.717) is 15.6 Å². The van der Waals surface area contributed by atoms with E-state index in [0.717, 1.165) is 25.9 Å². The quantitative estimate of drug-likeness (QED) is 0.430. The standard InChI is InChI=1S/C17H22F3N5O/c1-24-7-5-10(6-8-24)22-12-3-2-4-13-11(12)9-14(17(26)23-21)25(13)16(20)15(18)19/h2-4,9-10,15-16,22H,5-8,21H2,1H3,(H,23,26). The second-order valence-corrected chi connectivity index (χ2v) is 6.54. The normalized spacial score (nSPS) is 17.6. The molecule has 1 amide bonds. The van der Waals surface area contributed by atoms with Crippen molar-refractivity contribution in [3.8, 4) is 0 Å². The second-order valence-electron chi connectivity index (χ2n) is 6.54. The fourth-order valence-electron chi connectivity index (χ4n) is 3.38. The molecule has 1 aromatic heterocycles. The second kappa shape index (κ2) is 7.55. The predicted molar refractivity (Wildman–Crippen MR) is 93.9 cm³/mol. The summed E-state index contributed by atoms with van der Waals surface area (Å²) in [6.07, 6.45) is -4.03. The lowest BCUT2D eigenvalue weighted by atomic mass is 10.0. The fourth-order valence-corrected chi connectivity index (χ4v) is 3.38. The minimum atomic E-state index is -3.26. The number of benzene rings is 1. The third-order valence-electron chi connectivity index (χ3n) is 4.78. The Morgan fingerprint density at radius 3 is 2.58 bits per heavy atom. The van der Waals surface area contributed by atoms with Crippen LogP contribution in [0.15, 0.2) is 24.3 Å². The van der Waals surface area contributed by atoms with Crippen molar-refractivity contribution in [1.82, 2.24) is 14.9 Å². The van der Waals surface area contributed by atoms with Gasteiger partial charge >= 0.3 is 0 Å². The zero-order valence-corrected chi connectivity index (χ0v) is 14.4. The monoisotopic (exact) mass is 369 g/mol. The number of nitrogens with zero attached hydrogens (tertiary/aromatic N) is 2. The van der Waals surface area contributed by atoms with Gasteiger partial charge in [0.15, 0.2) is 0 Å². The smallest absolute Gasteiger partial charge is 0.288 e. The predicted octanol–water partition coefficient (Wildman–Crippen LogP) is 2.48. The Morgan fingerprint density at radius 1 is 1.27 bits per heavy atom. The van der Waals surface area contributed by atoms with Crippen LogP contribution >= 0.6 is 0 Å². The number of amides is 1. The van der Waals surface area contributed by atoms with E-state index in [-0.39, 0.29) is 17.3 Å². The van der Waals surface area contributed by atoms with Crippen LogP contribution in [0.2, 0.25) is 0 Å². The van der Waals surface area contributed by atoms with E-state index in [9.17, 15) is 18.0 Å². The first-order chi connectivity index (χ1) is 12.4. The Bertz CT molecular complexity index is 786. The molecule has 142 valence electrons. The van der Waals surface area contributed by atoms with Gasteiger partial charge in [-0.1, -0.05) is 6.07 Å². The van der Waals surface area contributed by atoms with Crippen LogP contribution in [0.25, 0.3) is 10.9 Å². The van der Waals surface area contributed by atoms with E-state index in [1.807, 2.05) is 5.43 Å². The molecule has 1 aromatic carbocycles. The summed E-state index contributed by atoms with van der Waals surface area (Å²) in [5.74, 6) is 4.30. The molecule has 2 heterocycles. The number of carbonyl (C=O) groups is 1. The van der Waals surface area contributed by atoms with Crippen LogP contribution in [0.1, 0.15) is 29.6 Å². The highest BCUT2D eigenvalue weighted by atomic mass is 19.3. The van der Waals surface area contributed by atoms with E-state index in [2.05, 4.69) is 17.3 Å². The topological polar surface area (TPSA) is 75.3 Å². The molecule has 0 aliphatic carbocycles. The molecule has 26 heavy (non-hydrogen) atoms. The molecule has 1 aliphatic heterocycles. The lowest BCUT2D eigenvalue weighted by molar-refractivity contribution is 0.00931. The maximum Gasteiger partial charge on any atom is 0.288 e. The Kier molecular flexibility index (Phi) is 5.38. The molecule has 6 nitrogen and oxygen atoms in total. The number of likely N-dealkylation sites (tertiary alicyclic amines) is 1. The molecule has 1 aliphatic rings. The van der Waals surface area contributed by atoms with Crippen molar-refractivity contribution in [3.05, 3.63) is 30.0 Å². The van der Waals surface area contributed by atoms with Crippen LogP contribution in [0.4, 0.5) is 18.9 Å². The van der Waals surface area contributed by atoms with E-state index >= 15 is 0 Å². The number of anilines is 1. The number of nitrogens with one attached hydrogen (secondary N) is 2. The van der Waals surface area contributed by atoms with Crippen molar-refractivity contribution in [2.75, 3.05) is 25.5 Å². The minimum absolute atomic E-state index is 0.217.